The van der Waals surface area contributed by atoms with Crippen LogP contribution in [0.2, 0.25) is 0 Å². The monoisotopic (exact) mass is 264 g/mol. The van der Waals surface area contributed by atoms with Crippen molar-refractivity contribution in [2.24, 2.45) is 17.9 Å². The van der Waals surface area contributed by atoms with Crippen molar-refractivity contribution in [3.63, 3.8) is 0 Å². The van der Waals surface area contributed by atoms with Crippen molar-refractivity contribution in [1.82, 2.24) is 19.7 Å². The Hall–Kier alpha value is -2.09. The second kappa shape index (κ2) is 5.05. The summed E-state index contributed by atoms with van der Waals surface area (Å²) < 4.78 is 1.86. The largest absolute Gasteiger partial charge is 0.409 e. The number of aromatic nitrogens is 4. The number of pyridine rings is 1. The molecule has 0 bridgehead atoms. The predicted octanol–water partition coefficient (Wildman–Crippen LogP) is 0.764. The molecule has 0 atom stereocenters. The van der Waals surface area contributed by atoms with Crippen LogP contribution >= 0.6 is 11.8 Å². The molecule has 7 nitrogen and oxygen atoms in total. The molecule has 0 fully saturated rings. The Kier molecular flexibility index (Phi) is 3.47. The topological polar surface area (TPSA) is 102 Å². The van der Waals surface area contributed by atoms with Gasteiger partial charge < -0.3 is 15.5 Å². The molecule has 0 radical (unpaired) electrons. The van der Waals surface area contributed by atoms with Gasteiger partial charge in [-0.3, -0.25) is 0 Å². The highest BCUT2D eigenvalue weighted by molar-refractivity contribution is 7.99. The molecule has 0 amide bonds. The van der Waals surface area contributed by atoms with Gasteiger partial charge in [0.25, 0.3) is 0 Å². The van der Waals surface area contributed by atoms with Crippen LogP contribution in [0.1, 0.15) is 11.4 Å². The number of nitrogens with zero attached hydrogens (tertiary/aromatic N) is 5. The first kappa shape index (κ1) is 12.4. The van der Waals surface area contributed by atoms with Crippen molar-refractivity contribution < 1.29 is 5.21 Å². The van der Waals surface area contributed by atoms with E-state index < -0.39 is 0 Å². The summed E-state index contributed by atoms with van der Waals surface area (Å²) in [7, 11) is 1.88. The van der Waals surface area contributed by atoms with Crippen molar-refractivity contribution in [3.05, 3.63) is 29.7 Å². The maximum absolute atomic E-state index is 8.63. The third-order valence-corrected chi connectivity index (χ3v) is 3.36. The molecule has 0 saturated heterocycles. The van der Waals surface area contributed by atoms with E-state index in [0.29, 0.717) is 10.6 Å². The zero-order valence-corrected chi connectivity index (χ0v) is 10.7. The summed E-state index contributed by atoms with van der Waals surface area (Å²) in [5.74, 6) is 0.874. The number of oxime groups is 1. The zero-order valence-electron chi connectivity index (χ0n) is 9.90. The van der Waals surface area contributed by atoms with Gasteiger partial charge in [-0.2, -0.15) is 0 Å². The van der Waals surface area contributed by atoms with Crippen LogP contribution in [0.25, 0.3) is 0 Å². The number of aryl methyl sites for hydroxylation is 1. The van der Waals surface area contributed by atoms with Gasteiger partial charge >= 0.3 is 0 Å². The normalized spacial score (nSPS) is 11.8. The predicted molar refractivity (Wildman–Crippen MR) is 66.6 cm³/mol. The van der Waals surface area contributed by atoms with Gasteiger partial charge in [-0.15, -0.1) is 10.2 Å². The molecule has 94 valence electrons. The molecular weight excluding hydrogens is 252 g/mol. The molecule has 0 saturated carbocycles. The molecule has 0 aromatic carbocycles. The molecule has 0 aliphatic rings. The highest BCUT2D eigenvalue weighted by Crippen LogP contribution is 2.24. The second-order valence-corrected chi connectivity index (χ2v) is 4.55. The average Bonchev–Trinajstić information content (AvgIpc) is 2.70. The molecular formula is C10H12N6OS. The Bertz CT molecular complexity index is 594. The standard InChI is InChI=1S/C10H12N6OS/c1-6-13-14-10(16(6)2)18-8-5-7(3-4-12-8)9(11)15-17/h3-5,17H,1-2H3,(H2,11,15). The van der Waals surface area contributed by atoms with Crippen LogP contribution < -0.4 is 5.73 Å². The van der Waals surface area contributed by atoms with Gasteiger partial charge in [0.15, 0.2) is 11.0 Å². The minimum absolute atomic E-state index is 0.0494. The van der Waals surface area contributed by atoms with Crippen molar-refractivity contribution in [2.45, 2.75) is 17.1 Å². The number of hydrogen-bond donors (Lipinski definition) is 2. The Balaban J connectivity index is 2.27. The number of nitrogens with two attached hydrogens (primary N) is 1. The Labute approximate surface area is 108 Å². The molecule has 3 N–H and O–H groups in total. The number of rotatable bonds is 3. The first-order valence-corrected chi connectivity index (χ1v) is 5.91. The Morgan fingerprint density at radius 3 is 2.89 bits per heavy atom. The lowest BCUT2D eigenvalue weighted by Crippen LogP contribution is -2.13. The van der Waals surface area contributed by atoms with Crippen molar-refractivity contribution in [3.8, 4) is 0 Å². The molecule has 2 aromatic rings. The first-order valence-electron chi connectivity index (χ1n) is 5.09. The van der Waals surface area contributed by atoms with E-state index in [-0.39, 0.29) is 5.84 Å². The summed E-state index contributed by atoms with van der Waals surface area (Å²) in [4.78, 5) is 4.19. The average molecular weight is 264 g/mol. The van der Waals surface area contributed by atoms with E-state index in [0.717, 1.165) is 11.0 Å². The Morgan fingerprint density at radius 2 is 2.28 bits per heavy atom. The summed E-state index contributed by atoms with van der Waals surface area (Å²) in [6.45, 7) is 1.87. The molecule has 18 heavy (non-hydrogen) atoms. The molecule has 0 spiro atoms. The smallest absolute Gasteiger partial charge is 0.197 e. The maximum atomic E-state index is 8.63. The SMILES string of the molecule is Cc1nnc(Sc2cc(/C(N)=N/O)ccn2)n1C. The fourth-order valence-corrected chi connectivity index (χ4v) is 2.09. The number of amidine groups is 1. The minimum Gasteiger partial charge on any atom is -0.409 e. The van der Waals surface area contributed by atoms with E-state index in [9.17, 15) is 0 Å². The lowest BCUT2D eigenvalue weighted by Gasteiger charge is -2.03. The van der Waals surface area contributed by atoms with E-state index in [4.69, 9.17) is 10.9 Å². The fourth-order valence-electron chi connectivity index (χ4n) is 1.25. The van der Waals surface area contributed by atoms with Gasteiger partial charge in [0, 0.05) is 18.8 Å². The van der Waals surface area contributed by atoms with Crippen molar-refractivity contribution in [1.29, 1.82) is 0 Å². The highest BCUT2D eigenvalue weighted by atomic mass is 32.2. The lowest BCUT2D eigenvalue weighted by molar-refractivity contribution is 0.318. The molecule has 0 aliphatic heterocycles. The van der Waals surface area contributed by atoms with Crippen molar-refractivity contribution in [2.75, 3.05) is 0 Å². The Morgan fingerprint density at radius 1 is 1.50 bits per heavy atom. The van der Waals surface area contributed by atoms with Crippen molar-refractivity contribution >= 4 is 17.6 Å². The van der Waals surface area contributed by atoms with Crippen LogP contribution in [-0.2, 0) is 7.05 Å². The van der Waals surface area contributed by atoms with Crippen LogP contribution in [0, 0.1) is 6.92 Å². The lowest BCUT2D eigenvalue weighted by atomic mass is 10.2. The molecule has 2 rings (SSSR count). The fraction of sp³-hybridized carbons (Fsp3) is 0.200. The molecule has 0 aliphatic carbocycles. The van der Waals surface area contributed by atoms with Crippen LogP contribution in [0.5, 0.6) is 0 Å². The zero-order chi connectivity index (χ0) is 13.1. The van der Waals surface area contributed by atoms with E-state index in [1.807, 2.05) is 18.5 Å². The third-order valence-electron chi connectivity index (χ3n) is 2.39. The van der Waals surface area contributed by atoms with Crippen LogP contribution in [-0.4, -0.2) is 30.8 Å². The summed E-state index contributed by atoms with van der Waals surface area (Å²) in [6, 6.07) is 3.39. The third kappa shape index (κ3) is 2.43. The molecule has 0 unspecified atom stereocenters. The maximum Gasteiger partial charge on any atom is 0.197 e. The number of hydrogen-bond acceptors (Lipinski definition) is 6. The van der Waals surface area contributed by atoms with E-state index >= 15 is 0 Å². The molecule has 2 heterocycles. The second-order valence-electron chi connectivity index (χ2n) is 3.56. The van der Waals surface area contributed by atoms with E-state index in [1.54, 1.807) is 18.3 Å². The van der Waals surface area contributed by atoms with Gasteiger partial charge in [0.2, 0.25) is 0 Å². The summed E-state index contributed by atoms with van der Waals surface area (Å²) in [5.41, 5.74) is 6.13. The van der Waals surface area contributed by atoms with Gasteiger partial charge in [-0.1, -0.05) is 5.16 Å². The van der Waals surface area contributed by atoms with E-state index in [2.05, 4.69) is 20.3 Å². The summed E-state index contributed by atoms with van der Waals surface area (Å²) >= 11 is 1.36. The molecule has 2 aromatic heterocycles. The quantitative estimate of drug-likeness (QED) is 0.367. The summed E-state index contributed by atoms with van der Waals surface area (Å²) in [6.07, 6.45) is 1.60. The summed E-state index contributed by atoms with van der Waals surface area (Å²) in [5, 5.41) is 21.0. The first-order chi connectivity index (χ1) is 8.61. The molecule has 8 heteroatoms. The van der Waals surface area contributed by atoms with Gasteiger partial charge in [-0.05, 0) is 30.8 Å². The van der Waals surface area contributed by atoms with Crippen LogP contribution in [0.3, 0.4) is 0 Å². The van der Waals surface area contributed by atoms with Crippen LogP contribution in [0.4, 0.5) is 0 Å². The van der Waals surface area contributed by atoms with Gasteiger partial charge in [-0.25, -0.2) is 4.98 Å². The minimum atomic E-state index is 0.0494. The van der Waals surface area contributed by atoms with Gasteiger partial charge in [0.05, 0.1) is 0 Å². The van der Waals surface area contributed by atoms with Crippen LogP contribution in [0.15, 0.2) is 33.7 Å². The van der Waals surface area contributed by atoms with Gasteiger partial charge in [0.1, 0.15) is 10.9 Å². The highest BCUT2D eigenvalue weighted by Gasteiger charge is 2.09. The van der Waals surface area contributed by atoms with E-state index in [1.165, 1.54) is 11.8 Å².